The van der Waals surface area contributed by atoms with Gasteiger partial charge in [0, 0.05) is 24.7 Å². The molecular formula is C19H19NO4. The summed E-state index contributed by atoms with van der Waals surface area (Å²) in [5, 5.41) is 8.72. The van der Waals surface area contributed by atoms with Crippen molar-refractivity contribution in [2.75, 3.05) is 14.2 Å². The maximum Gasteiger partial charge on any atom is 0.291 e. The predicted molar refractivity (Wildman–Crippen MR) is 87.9 cm³/mol. The molecule has 1 atom stereocenters. The van der Waals surface area contributed by atoms with Gasteiger partial charge in [-0.2, -0.15) is 10.1 Å². The van der Waals surface area contributed by atoms with Crippen LogP contribution in [0.5, 0.6) is 0 Å². The van der Waals surface area contributed by atoms with E-state index in [1.807, 2.05) is 12.1 Å². The van der Waals surface area contributed by atoms with Gasteiger partial charge in [-0.25, -0.2) is 4.89 Å². The number of nitrogens with zero attached hydrogens (tertiary/aromatic N) is 1. The van der Waals surface area contributed by atoms with Gasteiger partial charge in [0.05, 0.1) is 13.2 Å². The Balaban J connectivity index is 2.44. The minimum Gasteiger partial charge on any atom is -0.341 e. The normalized spacial score (nSPS) is 13.0. The fourth-order valence-electron chi connectivity index (χ4n) is 2.49. The largest absolute Gasteiger partial charge is 0.341 e. The van der Waals surface area contributed by atoms with Crippen molar-refractivity contribution < 1.29 is 19.3 Å². The summed E-state index contributed by atoms with van der Waals surface area (Å²) in [5.74, 6) is -2.07. The van der Waals surface area contributed by atoms with Crippen LogP contribution in [0.3, 0.4) is 0 Å². The molecule has 0 radical (unpaired) electrons. The summed E-state index contributed by atoms with van der Waals surface area (Å²) in [7, 11) is 2.72. The van der Waals surface area contributed by atoms with Crippen LogP contribution in [0.4, 0.5) is 0 Å². The first-order valence-electron chi connectivity index (χ1n) is 7.51. The highest BCUT2D eigenvalue weighted by Gasteiger charge is 2.44. The Morgan fingerprint density at radius 2 is 1.88 bits per heavy atom. The molecule has 124 valence electrons. The number of methoxy groups -OCH3 is 1. The number of nitriles is 1. The van der Waals surface area contributed by atoms with Gasteiger partial charge in [-0.05, 0) is 18.1 Å². The molecule has 1 unspecified atom stereocenters. The Hall–Kier alpha value is -2.52. The molecule has 0 saturated heterocycles. The SMILES string of the molecule is COOC(OC)(C(=O)c1cccc(CCC#N)c1)c1ccccc1. The lowest BCUT2D eigenvalue weighted by Crippen LogP contribution is -2.40. The molecule has 0 heterocycles. The van der Waals surface area contributed by atoms with E-state index in [2.05, 4.69) is 6.07 Å². The Labute approximate surface area is 141 Å². The third-order valence-electron chi connectivity index (χ3n) is 3.66. The summed E-state index contributed by atoms with van der Waals surface area (Å²) in [5.41, 5.74) is 1.85. The van der Waals surface area contributed by atoms with Crippen molar-refractivity contribution in [3.05, 3.63) is 71.3 Å². The molecule has 0 saturated carbocycles. The molecule has 0 spiro atoms. The number of carbonyl (C=O) groups is 1. The minimum absolute atomic E-state index is 0.378. The number of benzene rings is 2. The quantitative estimate of drug-likeness (QED) is 0.322. The van der Waals surface area contributed by atoms with Crippen LogP contribution in [0, 0.1) is 11.3 Å². The highest BCUT2D eigenvalue weighted by atomic mass is 17.2. The highest BCUT2D eigenvalue weighted by Crippen LogP contribution is 2.31. The molecule has 0 amide bonds. The number of ketones is 1. The predicted octanol–water partition coefficient (Wildman–Crippen LogP) is 3.40. The van der Waals surface area contributed by atoms with E-state index in [4.69, 9.17) is 19.8 Å². The number of aryl methyl sites for hydroxylation is 1. The van der Waals surface area contributed by atoms with Crippen molar-refractivity contribution >= 4 is 5.78 Å². The maximum atomic E-state index is 13.1. The lowest BCUT2D eigenvalue weighted by molar-refractivity contribution is -0.397. The lowest BCUT2D eigenvalue weighted by Gasteiger charge is -2.29. The van der Waals surface area contributed by atoms with Gasteiger partial charge in [-0.15, -0.1) is 0 Å². The zero-order valence-corrected chi connectivity index (χ0v) is 13.7. The zero-order valence-electron chi connectivity index (χ0n) is 13.7. The maximum absolute atomic E-state index is 13.1. The molecule has 2 aromatic rings. The molecule has 0 aliphatic carbocycles. The van der Waals surface area contributed by atoms with Crippen molar-refractivity contribution in [1.29, 1.82) is 5.26 Å². The fraction of sp³-hybridized carbons (Fsp3) is 0.263. The van der Waals surface area contributed by atoms with Crippen molar-refractivity contribution in [3.63, 3.8) is 0 Å². The standard InChI is InChI=1S/C19H19NO4/c1-22-19(24-23-2,17-11-4-3-5-12-17)18(21)16-10-6-8-15(14-16)9-7-13-20/h3-6,8,10-12,14H,7,9H2,1-2H3. The van der Waals surface area contributed by atoms with Crippen LogP contribution in [0.25, 0.3) is 0 Å². The first-order chi connectivity index (χ1) is 11.7. The van der Waals surface area contributed by atoms with Crippen LogP contribution in [0.15, 0.2) is 54.6 Å². The van der Waals surface area contributed by atoms with E-state index in [1.165, 1.54) is 14.2 Å². The van der Waals surface area contributed by atoms with Gasteiger partial charge < -0.3 is 4.74 Å². The summed E-state index contributed by atoms with van der Waals surface area (Å²) in [6.07, 6.45) is 0.967. The Bertz CT molecular complexity index is 724. The second-order valence-electron chi connectivity index (χ2n) is 5.12. The summed E-state index contributed by atoms with van der Waals surface area (Å²) < 4.78 is 5.45. The van der Waals surface area contributed by atoms with E-state index in [0.29, 0.717) is 24.0 Å². The molecule has 5 nitrogen and oxygen atoms in total. The summed E-state index contributed by atoms with van der Waals surface area (Å²) >= 11 is 0. The average molecular weight is 325 g/mol. The van der Waals surface area contributed by atoms with E-state index < -0.39 is 5.79 Å². The van der Waals surface area contributed by atoms with E-state index in [0.717, 1.165) is 5.56 Å². The van der Waals surface area contributed by atoms with Gasteiger partial charge in [-0.3, -0.25) is 4.79 Å². The monoisotopic (exact) mass is 325 g/mol. The fourth-order valence-corrected chi connectivity index (χ4v) is 2.49. The topological polar surface area (TPSA) is 68.6 Å². The zero-order chi connectivity index (χ0) is 17.4. The second kappa shape index (κ2) is 8.37. The number of ether oxygens (including phenoxy) is 1. The molecule has 5 heteroatoms. The van der Waals surface area contributed by atoms with Crippen LogP contribution in [-0.2, 0) is 26.7 Å². The molecular weight excluding hydrogens is 306 g/mol. The van der Waals surface area contributed by atoms with Gasteiger partial charge in [0.25, 0.3) is 5.79 Å². The molecule has 0 bridgehead atoms. The average Bonchev–Trinajstić information content (AvgIpc) is 2.65. The smallest absolute Gasteiger partial charge is 0.291 e. The molecule has 0 aromatic heterocycles. The van der Waals surface area contributed by atoms with Crippen LogP contribution in [-0.4, -0.2) is 20.0 Å². The Morgan fingerprint density at radius 1 is 1.12 bits per heavy atom. The molecule has 2 aromatic carbocycles. The Morgan fingerprint density at radius 3 is 2.50 bits per heavy atom. The van der Waals surface area contributed by atoms with Gasteiger partial charge in [0.15, 0.2) is 0 Å². The lowest BCUT2D eigenvalue weighted by atomic mass is 9.94. The summed E-state index contributed by atoms with van der Waals surface area (Å²) in [6.45, 7) is 0. The Kier molecular flexibility index (Phi) is 6.21. The molecule has 24 heavy (non-hydrogen) atoms. The van der Waals surface area contributed by atoms with Crippen LogP contribution < -0.4 is 0 Å². The van der Waals surface area contributed by atoms with E-state index in [-0.39, 0.29) is 5.78 Å². The second-order valence-corrected chi connectivity index (χ2v) is 5.12. The molecule has 2 rings (SSSR count). The summed E-state index contributed by atoms with van der Waals surface area (Å²) in [6, 6.07) is 18.1. The summed E-state index contributed by atoms with van der Waals surface area (Å²) in [4.78, 5) is 23.2. The number of hydrogen-bond acceptors (Lipinski definition) is 5. The number of Topliss-reactive ketones (excluding diaryl/α,β-unsaturated/α-hetero) is 1. The van der Waals surface area contributed by atoms with Crippen molar-refractivity contribution in [1.82, 2.24) is 0 Å². The number of carbonyl (C=O) groups excluding carboxylic acids is 1. The first-order valence-corrected chi connectivity index (χ1v) is 7.51. The first kappa shape index (κ1) is 17.8. The van der Waals surface area contributed by atoms with Crippen LogP contribution in [0.1, 0.15) is 27.9 Å². The van der Waals surface area contributed by atoms with Crippen molar-refractivity contribution in [3.8, 4) is 6.07 Å². The molecule has 0 aliphatic heterocycles. The number of rotatable bonds is 8. The van der Waals surface area contributed by atoms with Crippen molar-refractivity contribution in [2.24, 2.45) is 0 Å². The van der Waals surface area contributed by atoms with Gasteiger partial charge >= 0.3 is 0 Å². The molecule has 0 N–H and O–H groups in total. The van der Waals surface area contributed by atoms with Crippen LogP contribution in [0.2, 0.25) is 0 Å². The molecule has 0 fully saturated rings. The van der Waals surface area contributed by atoms with Gasteiger partial charge in [0.2, 0.25) is 5.78 Å². The van der Waals surface area contributed by atoms with E-state index in [1.54, 1.807) is 42.5 Å². The van der Waals surface area contributed by atoms with Crippen LogP contribution >= 0.6 is 0 Å². The number of hydrogen-bond donors (Lipinski definition) is 0. The third-order valence-corrected chi connectivity index (χ3v) is 3.66. The van der Waals surface area contributed by atoms with Gasteiger partial charge in [-0.1, -0.05) is 48.5 Å². The van der Waals surface area contributed by atoms with Crippen molar-refractivity contribution in [2.45, 2.75) is 18.6 Å². The highest BCUT2D eigenvalue weighted by molar-refractivity contribution is 6.02. The van der Waals surface area contributed by atoms with E-state index >= 15 is 0 Å². The van der Waals surface area contributed by atoms with E-state index in [9.17, 15) is 4.79 Å². The minimum atomic E-state index is -1.69. The third kappa shape index (κ3) is 3.69. The van der Waals surface area contributed by atoms with Gasteiger partial charge in [0.1, 0.15) is 0 Å². The molecule has 0 aliphatic rings.